The molecule has 0 saturated heterocycles. The van der Waals surface area contributed by atoms with Crippen LogP contribution in [0.2, 0.25) is 0 Å². The third-order valence-corrected chi connectivity index (χ3v) is 4.13. The summed E-state index contributed by atoms with van der Waals surface area (Å²) in [5, 5.41) is 4.36. The van der Waals surface area contributed by atoms with Gasteiger partial charge in [-0.05, 0) is 17.7 Å². The Morgan fingerprint density at radius 1 is 1.33 bits per heavy atom. The summed E-state index contributed by atoms with van der Waals surface area (Å²) in [7, 11) is -3.02. The number of carbonyl (C=O) groups is 1. The van der Waals surface area contributed by atoms with E-state index in [1.165, 1.54) is 5.41 Å². The molecule has 0 saturated carbocycles. The third-order valence-electron chi connectivity index (χ3n) is 2.74. The average Bonchev–Trinajstić information content (AvgIpc) is 2.67. The molecule has 0 radical (unpaired) electrons. The first-order valence-corrected chi connectivity index (χ1v) is 7.21. The number of nitrogens with two attached hydrogens (primary N) is 1. The number of hydrogen-bond donors (Lipinski definition) is 2. The topological polar surface area (TPSA) is 89.3 Å². The van der Waals surface area contributed by atoms with E-state index in [1.54, 1.807) is 30.3 Å². The highest BCUT2D eigenvalue weighted by atomic mass is 32.2. The second-order valence-electron chi connectivity index (χ2n) is 4.21. The Hall–Kier alpha value is -1.66. The van der Waals surface area contributed by atoms with E-state index in [2.05, 4.69) is 5.32 Å². The van der Waals surface area contributed by atoms with Crippen LogP contribution in [0, 0.1) is 0 Å². The monoisotopic (exact) mass is 266 g/mol. The molecular weight excluding hydrogens is 252 g/mol. The molecule has 0 aromatic heterocycles. The van der Waals surface area contributed by atoms with Gasteiger partial charge in [0.05, 0.1) is 5.75 Å². The van der Waals surface area contributed by atoms with Crippen molar-refractivity contribution in [3.05, 3.63) is 46.9 Å². The molecule has 1 atom stereocenters. The molecule has 5 nitrogen and oxygen atoms in total. The Morgan fingerprint density at radius 3 is 2.50 bits per heavy atom. The molecule has 1 unspecified atom stereocenters. The molecule has 1 aromatic carbocycles. The van der Waals surface area contributed by atoms with Crippen molar-refractivity contribution in [1.29, 1.82) is 0 Å². The van der Waals surface area contributed by atoms with E-state index < -0.39 is 15.7 Å². The summed E-state index contributed by atoms with van der Waals surface area (Å²) >= 11 is 0. The van der Waals surface area contributed by atoms with Gasteiger partial charge in [-0.3, -0.25) is 4.79 Å². The average molecular weight is 266 g/mol. The SMILES string of the molecule is NC(=O)c1ccc(CNC2C=CS(=O)(=O)C2)cc1. The molecule has 1 aliphatic heterocycles. The first-order valence-electron chi connectivity index (χ1n) is 5.49. The minimum atomic E-state index is -3.02. The molecule has 0 spiro atoms. The molecule has 1 aliphatic rings. The minimum Gasteiger partial charge on any atom is -0.366 e. The zero-order valence-corrected chi connectivity index (χ0v) is 10.5. The van der Waals surface area contributed by atoms with Gasteiger partial charge in [-0.2, -0.15) is 0 Å². The van der Waals surface area contributed by atoms with Crippen LogP contribution in [0.4, 0.5) is 0 Å². The largest absolute Gasteiger partial charge is 0.366 e. The van der Waals surface area contributed by atoms with Gasteiger partial charge in [0, 0.05) is 23.6 Å². The molecule has 96 valence electrons. The summed E-state index contributed by atoms with van der Waals surface area (Å²) in [6, 6.07) is 6.74. The lowest BCUT2D eigenvalue weighted by Gasteiger charge is -2.09. The second-order valence-corrected chi connectivity index (χ2v) is 6.14. The van der Waals surface area contributed by atoms with Crippen LogP contribution in [0.3, 0.4) is 0 Å². The molecule has 0 aliphatic carbocycles. The Bertz CT molecular complexity index is 576. The highest BCUT2D eigenvalue weighted by Crippen LogP contribution is 2.09. The van der Waals surface area contributed by atoms with Crippen LogP contribution in [-0.4, -0.2) is 26.1 Å². The summed E-state index contributed by atoms with van der Waals surface area (Å²) < 4.78 is 22.4. The van der Waals surface area contributed by atoms with Gasteiger partial charge in [0.25, 0.3) is 0 Å². The lowest BCUT2D eigenvalue weighted by Crippen LogP contribution is -2.29. The van der Waals surface area contributed by atoms with Crippen LogP contribution >= 0.6 is 0 Å². The fourth-order valence-corrected chi connectivity index (χ4v) is 3.01. The van der Waals surface area contributed by atoms with E-state index in [4.69, 9.17) is 5.73 Å². The normalized spacial score (nSPS) is 21.0. The van der Waals surface area contributed by atoms with Gasteiger partial charge in [-0.25, -0.2) is 8.42 Å². The lowest BCUT2D eigenvalue weighted by atomic mass is 10.1. The fourth-order valence-electron chi connectivity index (χ4n) is 1.74. The maximum Gasteiger partial charge on any atom is 0.248 e. The molecular formula is C12H14N2O3S. The molecule has 0 fully saturated rings. The van der Waals surface area contributed by atoms with Crippen LogP contribution in [0.25, 0.3) is 0 Å². The lowest BCUT2D eigenvalue weighted by molar-refractivity contribution is 0.100. The van der Waals surface area contributed by atoms with Gasteiger partial charge in [0.15, 0.2) is 9.84 Å². The summed E-state index contributed by atoms with van der Waals surface area (Å²) in [6.07, 6.45) is 1.65. The number of amides is 1. The maximum atomic E-state index is 11.2. The quantitative estimate of drug-likeness (QED) is 0.814. The standard InChI is InChI=1S/C12H14N2O3S/c13-12(15)10-3-1-9(2-4-10)7-14-11-5-6-18(16,17)8-11/h1-6,11,14H,7-8H2,(H2,13,15). The number of sulfone groups is 1. The first kappa shape index (κ1) is 12.8. The van der Waals surface area contributed by atoms with Crippen molar-refractivity contribution < 1.29 is 13.2 Å². The van der Waals surface area contributed by atoms with Gasteiger partial charge in [-0.15, -0.1) is 0 Å². The van der Waals surface area contributed by atoms with E-state index in [0.29, 0.717) is 12.1 Å². The number of benzene rings is 1. The molecule has 2 rings (SSSR count). The second kappa shape index (κ2) is 4.91. The van der Waals surface area contributed by atoms with E-state index >= 15 is 0 Å². The zero-order chi connectivity index (χ0) is 13.2. The molecule has 0 bridgehead atoms. The van der Waals surface area contributed by atoms with E-state index in [9.17, 15) is 13.2 Å². The smallest absolute Gasteiger partial charge is 0.248 e. The van der Waals surface area contributed by atoms with E-state index in [1.807, 2.05) is 0 Å². The van der Waals surface area contributed by atoms with Crippen molar-refractivity contribution in [2.24, 2.45) is 5.73 Å². The number of hydrogen-bond acceptors (Lipinski definition) is 4. The first-order chi connectivity index (χ1) is 8.46. The van der Waals surface area contributed by atoms with Gasteiger partial charge in [0.2, 0.25) is 5.91 Å². The minimum absolute atomic E-state index is 0.104. The summed E-state index contributed by atoms with van der Waals surface area (Å²) in [6.45, 7) is 0.545. The number of carbonyl (C=O) groups excluding carboxylic acids is 1. The van der Waals surface area contributed by atoms with Crippen molar-refractivity contribution in [1.82, 2.24) is 5.32 Å². The Balaban J connectivity index is 1.91. The Morgan fingerprint density at radius 2 is 2.00 bits per heavy atom. The molecule has 6 heteroatoms. The molecule has 1 aromatic rings. The summed E-state index contributed by atoms with van der Waals surface area (Å²) in [4.78, 5) is 10.9. The van der Waals surface area contributed by atoms with Crippen LogP contribution in [0.1, 0.15) is 15.9 Å². The van der Waals surface area contributed by atoms with Crippen molar-refractivity contribution in [2.45, 2.75) is 12.6 Å². The summed E-state index contributed by atoms with van der Waals surface area (Å²) in [5.74, 6) is -0.355. The fraction of sp³-hybridized carbons (Fsp3) is 0.250. The molecule has 18 heavy (non-hydrogen) atoms. The van der Waals surface area contributed by atoms with Crippen molar-refractivity contribution in [2.75, 3.05) is 5.75 Å². The summed E-state index contributed by atoms with van der Waals surface area (Å²) in [5.41, 5.74) is 6.57. The van der Waals surface area contributed by atoms with Crippen LogP contribution in [0.15, 0.2) is 35.7 Å². The van der Waals surface area contributed by atoms with Crippen molar-refractivity contribution in [3.63, 3.8) is 0 Å². The van der Waals surface area contributed by atoms with E-state index in [0.717, 1.165) is 5.56 Å². The number of rotatable bonds is 4. The third kappa shape index (κ3) is 3.18. The van der Waals surface area contributed by atoms with Crippen molar-refractivity contribution in [3.8, 4) is 0 Å². The van der Waals surface area contributed by atoms with Crippen LogP contribution in [-0.2, 0) is 16.4 Å². The Labute approximate surface area is 106 Å². The zero-order valence-electron chi connectivity index (χ0n) is 9.67. The number of nitrogens with one attached hydrogen (secondary N) is 1. The van der Waals surface area contributed by atoms with Crippen LogP contribution < -0.4 is 11.1 Å². The highest BCUT2D eigenvalue weighted by molar-refractivity contribution is 7.94. The van der Waals surface area contributed by atoms with Gasteiger partial charge < -0.3 is 11.1 Å². The highest BCUT2D eigenvalue weighted by Gasteiger charge is 2.20. The van der Waals surface area contributed by atoms with Gasteiger partial charge >= 0.3 is 0 Å². The predicted molar refractivity (Wildman–Crippen MR) is 68.5 cm³/mol. The van der Waals surface area contributed by atoms with Crippen molar-refractivity contribution >= 4 is 15.7 Å². The maximum absolute atomic E-state index is 11.2. The van der Waals surface area contributed by atoms with Gasteiger partial charge in [0.1, 0.15) is 0 Å². The molecule has 1 heterocycles. The Kier molecular flexibility index (Phi) is 3.49. The predicted octanol–water partition coefficient (Wildman–Crippen LogP) is 0.186. The van der Waals surface area contributed by atoms with Gasteiger partial charge in [-0.1, -0.05) is 18.2 Å². The molecule has 1 amide bonds. The molecule has 3 N–H and O–H groups in total. The van der Waals surface area contributed by atoms with E-state index in [-0.39, 0.29) is 11.8 Å². The van der Waals surface area contributed by atoms with Crippen LogP contribution in [0.5, 0.6) is 0 Å². The number of primary amides is 1.